The predicted molar refractivity (Wildman–Crippen MR) is 178 cm³/mol. The summed E-state index contributed by atoms with van der Waals surface area (Å²) in [6.07, 6.45) is 0.819. The van der Waals surface area contributed by atoms with Crippen molar-refractivity contribution in [1.29, 1.82) is 0 Å². The van der Waals surface area contributed by atoms with Crippen molar-refractivity contribution in [1.82, 2.24) is 10.2 Å². The molecule has 6 rings (SSSR count). The molecule has 0 unspecified atom stereocenters. The van der Waals surface area contributed by atoms with Crippen molar-refractivity contribution in [2.24, 2.45) is 0 Å². The lowest BCUT2D eigenvalue weighted by Gasteiger charge is -2.39. The van der Waals surface area contributed by atoms with Gasteiger partial charge >= 0.3 is 0 Å². The molecule has 0 radical (unpaired) electrons. The number of aromatic hydroxyl groups is 1. The number of rotatable bonds is 12. The van der Waals surface area contributed by atoms with Gasteiger partial charge in [-0.15, -0.1) is 0 Å². The van der Waals surface area contributed by atoms with Crippen molar-refractivity contribution in [3.05, 3.63) is 186 Å². The minimum absolute atomic E-state index is 0.0265. The summed E-state index contributed by atoms with van der Waals surface area (Å²) in [6.45, 7) is 2.25. The number of phenols is 1. The molecule has 0 saturated heterocycles. The van der Waals surface area contributed by atoms with Crippen molar-refractivity contribution in [3.8, 4) is 5.75 Å². The molecule has 0 spiro atoms. The predicted octanol–water partition coefficient (Wildman–Crippen LogP) is 8.69. The van der Waals surface area contributed by atoms with Gasteiger partial charge in [0.15, 0.2) is 0 Å². The Hall–Kier alpha value is -4.70. The van der Waals surface area contributed by atoms with Crippen LogP contribution in [0.4, 0.5) is 0 Å². The van der Waals surface area contributed by atoms with Crippen molar-refractivity contribution in [2.75, 3.05) is 0 Å². The Labute approximate surface area is 255 Å². The normalized spacial score (nSPS) is 12.8. The Bertz CT molecular complexity index is 1660. The first-order valence-corrected chi connectivity index (χ1v) is 15.1. The van der Waals surface area contributed by atoms with Gasteiger partial charge in [-0.2, -0.15) is 0 Å². The molecule has 0 aliphatic carbocycles. The Morgan fingerprint density at radius 2 is 1.00 bits per heavy atom. The third-order valence-corrected chi connectivity index (χ3v) is 8.23. The van der Waals surface area contributed by atoms with Crippen molar-refractivity contribution >= 4 is 10.8 Å². The Morgan fingerprint density at radius 1 is 0.512 bits per heavy atom. The summed E-state index contributed by atoms with van der Waals surface area (Å²) in [5.74, 6) is 0.348. The molecule has 0 aromatic heterocycles. The molecule has 3 heteroatoms. The van der Waals surface area contributed by atoms with Gasteiger partial charge in [0.1, 0.15) is 5.75 Å². The van der Waals surface area contributed by atoms with E-state index in [-0.39, 0.29) is 12.1 Å². The fourth-order valence-corrected chi connectivity index (χ4v) is 6.04. The molecule has 2 N–H and O–H groups in total. The highest BCUT2D eigenvalue weighted by Crippen LogP contribution is 2.37. The molecule has 0 bridgehead atoms. The lowest BCUT2D eigenvalue weighted by molar-refractivity contribution is 0.136. The van der Waals surface area contributed by atoms with E-state index in [1.165, 1.54) is 22.3 Å². The van der Waals surface area contributed by atoms with E-state index >= 15 is 0 Å². The minimum atomic E-state index is -0.155. The second-order valence-electron chi connectivity index (χ2n) is 11.2. The quantitative estimate of drug-likeness (QED) is 0.157. The molecule has 0 aliphatic heterocycles. The number of hydrogen-bond donors (Lipinski definition) is 2. The van der Waals surface area contributed by atoms with Gasteiger partial charge in [-0.3, -0.25) is 4.90 Å². The third kappa shape index (κ3) is 7.21. The molecule has 6 aromatic rings. The highest BCUT2D eigenvalue weighted by atomic mass is 16.3. The van der Waals surface area contributed by atoms with Gasteiger partial charge in [0, 0.05) is 36.6 Å². The smallest absolute Gasteiger partial charge is 0.128 e. The molecule has 0 heterocycles. The molecule has 0 fully saturated rings. The first kappa shape index (κ1) is 28.4. The van der Waals surface area contributed by atoms with Gasteiger partial charge in [0.2, 0.25) is 0 Å². The van der Waals surface area contributed by atoms with Crippen LogP contribution in [0.15, 0.2) is 158 Å². The van der Waals surface area contributed by atoms with Gasteiger partial charge in [0.25, 0.3) is 0 Å². The van der Waals surface area contributed by atoms with E-state index in [0.29, 0.717) is 12.3 Å². The van der Waals surface area contributed by atoms with Crippen LogP contribution in [-0.2, 0) is 26.1 Å². The number of nitrogens with one attached hydrogen (secondary N) is 1. The summed E-state index contributed by atoms with van der Waals surface area (Å²) in [5, 5.41) is 17.7. The number of benzene rings is 6. The summed E-state index contributed by atoms with van der Waals surface area (Å²) in [7, 11) is 0. The lowest BCUT2D eigenvalue weighted by atomic mass is 9.89. The van der Waals surface area contributed by atoms with Gasteiger partial charge in [-0.1, -0.05) is 158 Å². The van der Waals surface area contributed by atoms with Crippen LogP contribution in [0.25, 0.3) is 10.8 Å². The van der Waals surface area contributed by atoms with E-state index in [0.717, 1.165) is 35.8 Å². The van der Waals surface area contributed by atoms with Crippen LogP contribution < -0.4 is 5.32 Å². The maximum atomic E-state index is 11.8. The second kappa shape index (κ2) is 14.0. The summed E-state index contributed by atoms with van der Waals surface area (Å²) in [4.78, 5) is 2.58. The van der Waals surface area contributed by atoms with E-state index < -0.39 is 0 Å². The number of phenolic OH excluding ortho intramolecular Hbond substituents is 1. The fraction of sp³-hybridized carbons (Fsp3) is 0.150. The highest BCUT2D eigenvalue weighted by Gasteiger charge is 2.31. The van der Waals surface area contributed by atoms with E-state index in [1.807, 2.05) is 18.2 Å². The zero-order chi connectivity index (χ0) is 29.3. The molecule has 6 aromatic carbocycles. The largest absolute Gasteiger partial charge is 0.507 e. The van der Waals surface area contributed by atoms with E-state index in [9.17, 15) is 5.11 Å². The first-order valence-electron chi connectivity index (χ1n) is 15.1. The van der Waals surface area contributed by atoms with Gasteiger partial charge < -0.3 is 10.4 Å². The summed E-state index contributed by atoms with van der Waals surface area (Å²) < 4.78 is 0. The highest BCUT2D eigenvalue weighted by molar-refractivity contribution is 5.89. The summed E-state index contributed by atoms with van der Waals surface area (Å²) in [5.41, 5.74) is 5.93. The van der Waals surface area contributed by atoms with Gasteiger partial charge in [-0.25, -0.2) is 0 Å². The van der Waals surface area contributed by atoms with Crippen LogP contribution >= 0.6 is 0 Å². The molecule has 0 amide bonds. The molecule has 43 heavy (non-hydrogen) atoms. The van der Waals surface area contributed by atoms with Crippen molar-refractivity contribution in [3.63, 3.8) is 0 Å². The van der Waals surface area contributed by atoms with Crippen LogP contribution in [-0.4, -0.2) is 16.0 Å². The molecule has 0 aliphatic rings. The van der Waals surface area contributed by atoms with E-state index in [2.05, 4.69) is 150 Å². The number of fused-ring (bicyclic) bond motifs is 1. The second-order valence-corrected chi connectivity index (χ2v) is 11.2. The lowest BCUT2D eigenvalue weighted by Crippen LogP contribution is -2.45. The van der Waals surface area contributed by atoms with Crippen LogP contribution in [0, 0.1) is 0 Å². The topological polar surface area (TPSA) is 35.5 Å². The number of nitrogens with zero attached hydrogens (tertiary/aromatic N) is 1. The molecule has 3 nitrogen and oxygen atoms in total. The van der Waals surface area contributed by atoms with Gasteiger partial charge in [0.05, 0.1) is 6.04 Å². The zero-order valence-electron chi connectivity index (χ0n) is 24.4. The van der Waals surface area contributed by atoms with Gasteiger partial charge in [-0.05, 0) is 34.1 Å². The van der Waals surface area contributed by atoms with Crippen molar-refractivity contribution in [2.45, 2.75) is 38.1 Å². The molecule has 214 valence electrons. The summed E-state index contributed by atoms with van der Waals surface area (Å²) in [6, 6.07) is 54.9. The van der Waals surface area contributed by atoms with E-state index in [1.54, 1.807) is 0 Å². The average Bonchev–Trinajstić information content (AvgIpc) is 3.07. The molecular weight excluding hydrogens is 524 g/mol. The SMILES string of the molecule is Oc1c([C@@H](NCc2ccccc2)[C@H](Cc2ccccc2)N(Cc2ccccc2)Cc2ccccc2)ccc2ccccc12. The molecule has 2 atom stereocenters. The van der Waals surface area contributed by atoms with Crippen LogP contribution in [0.3, 0.4) is 0 Å². The maximum absolute atomic E-state index is 11.8. The Balaban J connectivity index is 1.48. The molecular formula is C40H38N2O. The van der Waals surface area contributed by atoms with Crippen LogP contribution in [0.5, 0.6) is 5.75 Å². The Morgan fingerprint density at radius 3 is 1.58 bits per heavy atom. The van der Waals surface area contributed by atoms with E-state index in [4.69, 9.17) is 0 Å². The monoisotopic (exact) mass is 562 g/mol. The average molecular weight is 563 g/mol. The minimum Gasteiger partial charge on any atom is -0.507 e. The maximum Gasteiger partial charge on any atom is 0.128 e. The Kier molecular flexibility index (Phi) is 9.24. The fourth-order valence-electron chi connectivity index (χ4n) is 6.04. The number of hydrogen-bond acceptors (Lipinski definition) is 3. The summed E-state index contributed by atoms with van der Waals surface area (Å²) >= 11 is 0. The zero-order valence-corrected chi connectivity index (χ0v) is 24.4. The first-order chi connectivity index (χ1) is 21.2. The standard InChI is InChI=1S/C40H38N2O/c43-40-36-24-14-13-23-35(36)25-26-37(40)39(41-28-32-17-7-2-8-18-32)38(27-31-15-5-1-6-16-31)42(29-33-19-9-3-10-20-33)30-34-21-11-4-12-22-34/h1-26,38-39,41,43H,27-30H2/t38-,39+/m0/s1. The van der Waals surface area contributed by atoms with Crippen molar-refractivity contribution < 1.29 is 5.11 Å². The third-order valence-electron chi connectivity index (χ3n) is 8.23. The molecule has 0 saturated carbocycles. The van der Waals surface area contributed by atoms with Crippen LogP contribution in [0.2, 0.25) is 0 Å². The van der Waals surface area contributed by atoms with Crippen LogP contribution in [0.1, 0.15) is 33.9 Å².